The SMILES string of the molecule is Oc1ccc(NCc2nnc3ccccn23)cc1. The number of phenolic OH excluding ortho intramolecular Hbond substituents is 1. The molecule has 3 rings (SSSR count). The van der Waals surface area contributed by atoms with Crippen LogP contribution in [0.5, 0.6) is 5.75 Å². The van der Waals surface area contributed by atoms with Gasteiger partial charge in [0.05, 0.1) is 6.54 Å². The quantitative estimate of drug-likeness (QED) is 0.688. The van der Waals surface area contributed by atoms with Crippen molar-refractivity contribution in [3.63, 3.8) is 0 Å². The molecule has 2 aromatic heterocycles. The smallest absolute Gasteiger partial charge is 0.160 e. The Kier molecular flexibility index (Phi) is 2.57. The molecule has 2 heterocycles. The Morgan fingerprint density at radius 3 is 2.72 bits per heavy atom. The highest BCUT2D eigenvalue weighted by Gasteiger charge is 2.03. The third-order valence-corrected chi connectivity index (χ3v) is 2.70. The monoisotopic (exact) mass is 240 g/mol. The topological polar surface area (TPSA) is 62.5 Å². The van der Waals surface area contributed by atoms with Gasteiger partial charge in [-0.15, -0.1) is 10.2 Å². The van der Waals surface area contributed by atoms with Crippen LogP contribution in [-0.4, -0.2) is 19.7 Å². The molecule has 5 heteroatoms. The number of hydrogen-bond acceptors (Lipinski definition) is 4. The summed E-state index contributed by atoms with van der Waals surface area (Å²) in [6.07, 6.45) is 1.93. The zero-order valence-corrected chi connectivity index (χ0v) is 9.61. The first-order valence-corrected chi connectivity index (χ1v) is 5.64. The Hall–Kier alpha value is -2.56. The number of rotatable bonds is 3. The van der Waals surface area contributed by atoms with Gasteiger partial charge < -0.3 is 10.4 Å². The van der Waals surface area contributed by atoms with Crippen molar-refractivity contribution < 1.29 is 5.11 Å². The van der Waals surface area contributed by atoms with Crippen LogP contribution in [0.1, 0.15) is 5.82 Å². The Morgan fingerprint density at radius 1 is 1.06 bits per heavy atom. The molecule has 0 bridgehead atoms. The average Bonchev–Trinajstić information content (AvgIpc) is 2.82. The number of anilines is 1. The number of aromatic nitrogens is 3. The summed E-state index contributed by atoms with van der Waals surface area (Å²) >= 11 is 0. The van der Waals surface area contributed by atoms with E-state index in [0.29, 0.717) is 6.54 Å². The molecule has 3 aromatic rings. The lowest BCUT2D eigenvalue weighted by Crippen LogP contribution is -2.03. The van der Waals surface area contributed by atoms with E-state index in [0.717, 1.165) is 17.2 Å². The molecule has 18 heavy (non-hydrogen) atoms. The minimum absolute atomic E-state index is 0.258. The third kappa shape index (κ3) is 1.98. The average molecular weight is 240 g/mol. The maximum Gasteiger partial charge on any atom is 0.160 e. The summed E-state index contributed by atoms with van der Waals surface area (Å²) in [7, 11) is 0. The van der Waals surface area contributed by atoms with E-state index in [2.05, 4.69) is 15.5 Å². The number of aromatic hydroxyl groups is 1. The highest BCUT2D eigenvalue weighted by molar-refractivity contribution is 5.46. The summed E-state index contributed by atoms with van der Waals surface area (Å²) < 4.78 is 1.94. The molecule has 0 saturated carbocycles. The van der Waals surface area contributed by atoms with Gasteiger partial charge in [0.25, 0.3) is 0 Å². The molecule has 0 amide bonds. The van der Waals surface area contributed by atoms with Gasteiger partial charge in [0.15, 0.2) is 11.5 Å². The van der Waals surface area contributed by atoms with Gasteiger partial charge in [0.1, 0.15) is 5.75 Å². The zero-order chi connectivity index (χ0) is 12.4. The van der Waals surface area contributed by atoms with Crippen molar-refractivity contribution in [1.29, 1.82) is 0 Å². The molecule has 2 N–H and O–H groups in total. The molecule has 0 aliphatic rings. The van der Waals surface area contributed by atoms with E-state index in [1.54, 1.807) is 12.1 Å². The van der Waals surface area contributed by atoms with Crippen LogP contribution in [0.25, 0.3) is 5.65 Å². The second kappa shape index (κ2) is 4.37. The highest BCUT2D eigenvalue weighted by atomic mass is 16.3. The van der Waals surface area contributed by atoms with E-state index in [9.17, 15) is 5.11 Å². The number of nitrogens with one attached hydrogen (secondary N) is 1. The lowest BCUT2D eigenvalue weighted by atomic mass is 10.3. The van der Waals surface area contributed by atoms with Crippen LogP contribution in [-0.2, 0) is 6.54 Å². The van der Waals surface area contributed by atoms with E-state index in [4.69, 9.17) is 0 Å². The molecular weight excluding hydrogens is 228 g/mol. The Morgan fingerprint density at radius 2 is 1.89 bits per heavy atom. The summed E-state index contributed by atoms with van der Waals surface area (Å²) in [6.45, 7) is 0.579. The van der Waals surface area contributed by atoms with E-state index >= 15 is 0 Å². The zero-order valence-electron chi connectivity index (χ0n) is 9.61. The lowest BCUT2D eigenvalue weighted by molar-refractivity contribution is 0.475. The number of pyridine rings is 1. The Bertz CT molecular complexity index is 660. The van der Waals surface area contributed by atoms with Crippen LogP contribution in [0.3, 0.4) is 0 Å². The van der Waals surface area contributed by atoms with Crippen molar-refractivity contribution in [2.45, 2.75) is 6.54 Å². The molecule has 0 unspecified atom stereocenters. The molecule has 1 aromatic carbocycles. The molecule has 0 fully saturated rings. The van der Waals surface area contributed by atoms with Crippen molar-refractivity contribution in [3.8, 4) is 5.75 Å². The number of nitrogens with zero attached hydrogens (tertiary/aromatic N) is 3. The van der Waals surface area contributed by atoms with Crippen molar-refractivity contribution >= 4 is 11.3 Å². The molecule has 5 nitrogen and oxygen atoms in total. The predicted octanol–water partition coefficient (Wildman–Crippen LogP) is 2.05. The number of fused-ring (bicyclic) bond motifs is 1. The van der Waals surface area contributed by atoms with Crippen LogP contribution in [0.4, 0.5) is 5.69 Å². The van der Waals surface area contributed by atoms with Crippen molar-refractivity contribution in [2.24, 2.45) is 0 Å². The Balaban J connectivity index is 1.79. The summed E-state index contributed by atoms with van der Waals surface area (Å²) in [6, 6.07) is 12.7. The van der Waals surface area contributed by atoms with Gasteiger partial charge in [-0.25, -0.2) is 0 Å². The summed E-state index contributed by atoms with van der Waals surface area (Å²) in [5.41, 5.74) is 1.76. The highest BCUT2D eigenvalue weighted by Crippen LogP contribution is 2.14. The fourth-order valence-electron chi connectivity index (χ4n) is 1.77. The van der Waals surface area contributed by atoms with E-state index < -0.39 is 0 Å². The summed E-state index contributed by atoms with van der Waals surface area (Å²) in [5, 5.41) is 20.6. The predicted molar refractivity (Wildman–Crippen MR) is 68.4 cm³/mol. The fraction of sp³-hybridized carbons (Fsp3) is 0.0769. The van der Waals surface area contributed by atoms with Crippen molar-refractivity contribution in [2.75, 3.05) is 5.32 Å². The molecule has 0 spiro atoms. The maximum atomic E-state index is 9.20. The minimum atomic E-state index is 0.258. The van der Waals surface area contributed by atoms with Gasteiger partial charge in [-0.05, 0) is 36.4 Å². The van der Waals surface area contributed by atoms with Gasteiger partial charge in [-0.2, -0.15) is 0 Å². The van der Waals surface area contributed by atoms with Crippen LogP contribution in [0.2, 0.25) is 0 Å². The molecule has 90 valence electrons. The third-order valence-electron chi connectivity index (χ3n) is 2.70. The number of phenols is 1. The van der Waals surface area contributed by atoms with Gasteiger partial charge in [-0.1, -0.05) is 6.07 Å². The molecule has 0 saturated heterocycles. The van der Waals surface area contributed by atoms with Crippen LogP contribution < -0.4 is 5.32 Å². The molecule has 0 aliphatic carbocycles. The molecule has 0 radical (unpaired) electrons. The molecule has 0 atom stereocenters. The summed E-state index contributed by atoms with van der Waals surface area (Å²) in [5.74, 6) is 1.10. The molecular formula is C13H12N4O. The van der Waals surface area contributed by atoms with E-state index in [1.165, 1.54) is 0 Å². The normalized spacial score (nSPS) is 10.7. The van der Waals surface area contributed by atoms with Gasteiger partial charge >= 0.3 is 0 Å². The second-order valence-corrected chi connectivity index (χ2v) is 3.95. The van der Waals surface area contributed by atoms with Crippen LogP contribution >= 0.6 is 0 Å². The Labute approximate surface area is 104 Å². The van der Waals surface area contributed by atoms with Crippen molar-refractivity contribution in [1.82, 2.24) is 14.6 Å². The van der Waals surface area contributed by atoms with E-state index in [1.807, 2.05) is 40.9 Å². The van der Waals surface area contributed by atoms with Crippen LogP contribution in [0.15, 0.2) is 48.7 Å². The first kappa shape index (κ1) is 10.6. The van der Waals surface area contributed by atoms with Gasteiger partial charge in [0, 0.05) is 11.9 Å². The largest absolute Gasteiger partial charge is 0.508 e. The van der Waals surface area contributed by atoms with E-state index in [-0.39, 0.29) is 5.75 Å². The van der Waals surface area contributed by atoms with Crippen molar-refractivity contribution in [3.05, 3.63) is 54.5 Å². The minimum Gasteiger partial charge on any atom is -0.508 e. The number of benzene rings is 1. The van der Waals surface area contributed by atoms with Crippen LogP contribution in [0, 0.1) is 0 Å². The van der Waals surface area contributed by atoms with Gasteiger partial charge in [0.2, 0.25) is 0 Å². The maximum absolute atomic E-state index is 9.20. The van der Waals surface area contributed by atoms with Gasteiger partial charge in [-0.3, -0.25) is 4.40 Å². The standard InChI is InChI=1S/C13H12N4O/c18-11-6-4-10(5-7-11)14-9-13-16-15-12-3-1-2-8-17(12)13/h1-8,14,18H,9H2. The molecule has 0 aliphatic heterocycles. The first-order valence-electron chi connectivity index (χ1n) is 5.64. The lowest BCUT2D eigenvalue weighted by Gasteiger charge is -2.05. The fourth-order valence-corrected chi connectivity index (χ4v) is 1.77. The first-order chi connectivity index (χ1) is 8.83. The second-order valence-electron chi connectivity index (χ2n) is 3.95. The number of hydrogen-bond donors (Lipinski definition) is 2. The summed E-state index contributed by atoms with van der Waals surface area (Å²) in [4.78, 5) is 0.